The van der Waals surface area contributed by atoms with E-state index in [0.717, 1.165) is 0 Å². The van der Waals surface area contributed by atoms with Gasteiger partial charge in [-0.15, -0.1) is 0 Å². The molecule has 0 aliphatic carbocycles. The molecule has 68 valence electrons. The average Bonchev–Trinajstić information content (AvgIpc) is 2.47. The van der Waals surface area contributed by atoms with Crippen LogP contribution in [0.25, 0.3) is 0 Å². The Kier molecular flexibility index (Phi) is 2.04. The molecule has 1 amide bonds. The highest BCUT2D eigenvalue weighted by Gasteiger charge is 2.37. The molecule has 7 heteroatoms. The molecule has 1 fully saturated rings. The minimum absolute atomic E-state index is 0.133. The molecule has 2 heterocycles. The summed E-state index contributed by atoms with van der Waals surface area (Å²) in [5.74, 6) is 0.450. The standard InChI is InChI=1S/C6H6N4OS2/c1-7-6-9-3-2(13-6)4(11)10-5(12)8-3/h2H,1H3,(H2,7,8,9,10,11,12). The highest BCUT2D eigenvalue weighted by Crippen LogP contribution is 2.23. The van der Waals surface area contributed by atoms with Gasteiger partial charge in [0.1, 0.15) is 11.1 Å². The molecule has 0 spiro atoms. The fourth-order valence-corrected chi connectivity index (χ4v) is 2.11. The Morgan fingerprint density at radius 3 is 3.08 bits per heavy atom. The van der Waals surface area contributed by atoms with Gasteiger partial charge >= 0.3 is 0 Å². The van der Waals surface area contributed by atoms with Crippen LogP contribution in [0.2, 0.25) is 0 Å². The highest BCUT2D eigenvalue weighted by molar-refractivity contribution is 8.16. The number of aliphatic imine (C=N–C) groups is 2. The number of thiocarbonyl (C=S) groups is 1. The van der Waals surface area contributed by atoms with Crippen molar-refractivity contribution in [1.29, 1.82) is 0 Å². The number of amides is 1. The first kappa shape index (κ1) is 8.64. The lowest BCUT2D eigenvalue weighted by Crippen LogP contribution is -2.56. The normalized spacial score (nSPS) is 29.5. The van der Waals surface area contributed by atoms with Crippen LogP contribution in [0.15, 0.2) is 9.98 Å². The second-order valence-corrected chi connectivity index (χ2v) is 3.92. The molecule has 5 nitrogen and oxygen atoms in total. The third-order valence-electron chi connectivity index (χ3n) is 1.60. The molecule has 2 rings (SSSR count). The Balaban J connectivity index is 2.30. The van der Waals surface area contributed by atoms with Crippen LogP contribution in [0.3, 0.4) is 0 Å². The molecule has 2 N–H and O–H groups in total. The van der Waals surface area contributed by atoms with Gasteiger partial charge in [0.05, 0.1) is 0 Å². The monoisotopic (exact) mass is 214 g/mol. The van der Waals surface area contributed by atoms with E-state index in [-0.39, 0.29) is 11.2 Å². The van der Waals surface area contributed by atoms with Gasteiger partial charge in [-0.2, -0.15) is 0 Å². The number of fused-ring (bicyclic) bond motifs is 1. The molecule has 13 heavy (non-hydrogen) atoms. The van der Waals surface area contributed by atoms with Crippen LogP contribution >= 0.6 is 24.0 Å². The van der Waals surface area contributed by atoms with Gasteiger partial charge in [0, 0.05) is 7.05 Å². The maximum absolute atomic E-state index is 11.4. The SMILES string of the molecule is CN=C1N=C2NC(=S)NC(=O)C2S1. The van der Waals surface area contributed by atoms with Gasteiger partial charge < -0.3 is 10.6 Å². The molecule has 1 atom stereocenters. The third kappa shape index (κ3) is 1.44. The molecule has 1 unspecified atom stereocenters. The molecule has 2 aliphatic rings. The van der Waals surface area contributed by atoms with E-state index in [0.29, 0.717) is 16.1 Å². The van der Waals surface area contributed by atoms with Gasteiger partial charge in [-0.1, -0.05) is 11.8 Å². The van der Waals surface area contributed by atoms with Crippen LogP contribution in [0.5, 0.6) is 0 Å². The van der Waals surface area contributed by atoms with Crippen LogP contribution in [-0.4, -0.2) is 34.3 Å². The van der Waals surface area contributed by atoms with Gasteiger partial charge in [0.25, 0.3) is 0 Å². The largest absolute Gasteiger partial charge is 0.319 e. The summed E-state index contributed by atoms with van der Waals surface area (Å²) >= 11 is 6.13. The Hall–Kier alpha value is -0.950. The molecular weight excluding hydrogens is 208 g/mol. The van der Waals surface area contributed by atoms with Crippen molar-refractivity contribution in [1.82, 2.24) is 10.6 Å². The molecule has 0 aromatic rings. The van der Waals surface area contributed by atoms with Gasteiger partial charge in [0.2, 0.25) is 5.91 Å². The van der Waals surface area contributed by atoms with E-state index < -0.39 is 0 Å². The number of rotatable bonds is 0. The van der Waals surface area contributed by atoms with Crippen molar-refractivity contribution in [3.8, 4) is 0 Å². The van der Waals surface area contributed by atoms with Crippen molar-refractivity contribution < 1.29 is 4.79 Å². The van der Waals surface area contributed by atoms with Crippen molar-refractivity contribution in [2.24, 2.45) is 9.98 Å². The summed E-state index contributed by atoms with van der Waals surface area (Å²) in [5.41, 5.74) is 0. The van der Waals surface area contributed by atoms with Gasteiger partial charge in [-0.05, 0) is 12.2 Å². The molecule has 0 bridgehead atoms. The maximum Gasteiger partial charge on any atom is 0.247 e. The zero-order valence-electron chi connectivity index (χ0n) is 6.70. The number of amidine groups is 2. The summed E-state index contributed by atoms with van der Waals surface area (Å²) < 4.78 is 0. The number of thioether (sulfide) groups is 1. The first-order chi connectivity index (χ1) is 6.20. The number of carbonyl (C=O) groups excluding carboxylic acids is 1. The topological polar surface area (TPSA) is 65.8 Å². The summed E-state index contributed by atoms with van der Waals surface area (Å²) in [6.07, 6.45) is 0. The maximum atomic E-state index is 11.4. The number of hydrogen-bond acceptors (Lipinski definition) is 4. The summed E-state index contributed by atoms with van der Waals surface area (Å²) in [5, 5.41) is 5.93. The Labute approximate surface area is 84.1 Å². The Morgan fingerprint density at radius 1 is 1.62 bits per heavy atom. The summed E-state index contributed by atoms with van der Waals surface area (Å²) in [7, 11) is 1.64. The molecule has 0 aromatic carbocycles. The number of nitrogens with one attached hydrogen (secondary N) is 2. The molecule has 0 aromatic heterocycles. The van der Waals surface area contributed by atoms with Crippen LogP contribution in [0.1, 0.15) is 0 Å². The average molecular weight is 214 g/mol. The van der Waals surface area contributed by atoms with Crippen LogP contribution in [0, 0.1) is 0 Å². The summed E-state index contributed by atoms with van der Waals surface area (Å²) in [4.78, 5) is 19.4. The van der Waals surface area contributed by atoms with Crippen molar-refractivity contribution in [2.75, 3.05) is 7.05 Å². The quantitative estimate of drug-likeness (QED) is 0.533. The van der Waals surface area contributed by atoms with Gasteiger partial charge in [-0.3, -0.25) is 9.79 Å². The number of nitrogens with zero attached hydrogens (tertiary/aromatic N) is 2. The summed E-state index contributed by atoms with van der Waals surface area (Å²) in [6, 6.07) is 0. The van der Waals surface area contributed by atoms with E-state index in [1.54, 1.807) is 7.05 Å². The van der Waals surface area contributed by atoms with Crippen molar-refractivity contribution in [3.63, 3.8) is 0 Å². The molecule has 0 saturated carbocycles. The first-order valence-corrected chi connectivity index (χ1v) is 4.83. The van der Waals surface area contributed by atoms with Crippen molar-refractivity contribution in [3.05, 3.63) is 0 Å². The minimum atomic E-state index is -0.314. The first-order valence-electron chi connectivity index (χ1n) is 3.54. The fraction of sp³-hybridized carbons (Fsp3) is 0.333. The predicted molar refractivity (Wildman–Crippen MR) is 56.0 cm³/mol. The van der Waals surface area contributed by atoms with E-state index in [1.165, 1.54) is 11.8 Å². The Bertz CT molecular complexity index is 349. The number of carbonyl (C=O) groups is 1. The second-order valence-electron chi connectivity index (χ2n) is 2.44. The van der Waals surface area contributed by atoms with Crippen LogP contribution in [0.4, 0.5) is 0 Å². The van der Waals surface area contributed by atoms with E-state index in [4.69, 9.17) is 12.2 Å². The van der Waals surface area contributed by atoms with Crippen molar-refractivity contribution in [2.45, 2.75) is 5.25 Å². The Morgan fingerprint density at radius 2 is 2.38 bits per heavy atom. The molecule has 0 radical (unpaired) electrons. The fourth-order valence-electron chi connectivity index (χ4n) is 1.05. The smallest absolute Gasteiger partial charge is 0.247 e. The summed E-state index contributed by atoms with van der Waals surface area (Å²) in [6.45, 7) is 0. The molecular formula is C6H6N4OS2. The number of hydrogen-bond donors (Lipinski definition) is 2. The second kappa shape index (κ2) is 3.08. The lowest BCUT2D eigenvalue weighted by Gasteiger charge is -2.19. The lowest BCUT2D eigenvalue weighted by atomic mass is 10.3. The van der Waals surface area contributed by atoms with Gasteiger partial charge in [-0.25, -0.2) is 4.99 Å². The van der Waals surface area contributed by atoms with E-state index in [2.05, 4.69) is 20.6 Å². The van der Waals surface area contributed by atoms with E-state index in [1.807, 2.05) is 0 Å². The zero-order valence-corrected chi connectivity index (χ0v) is 8.33. The highest BCUT2D eigenvalue weighted by atomic mass is 32.2. The van der Waals surface area contributed by atoms with Gasteiger partial charge in [0.15, 0.2) is 10.3 Å². The lowest BCUT2D eigenvalue weighted by molar-refractivity contribution is -0.118. The molecule has 1 saturated heterocycles. The third-order valence-corrected chi connectivity index (χ3v) is 2.96. The van der Waals surface area contributed by atoms with Crippen LogP contribution in [-0.2, 0) is 4.79 Å². The molecule has 2 aliphatic heterocycles. The van der Waals surface area contributed by atoms with E-state index >= 15 is 0 Å². The zero-order chi connectivity index (χ0) is 9.42. The predicted octanol–water partition coefficient (Wildman–Crippen LogP) is -0.510. The minimum Gasteiger partial charge on any atom is -0.319 e. The van der Waals surface area contributed by atoms with Crippen LogP contribution < -0.4 is 10.6 Å². The van der Waals surface area contributed by atoms with E-state index in [9.17, 15) is 4.79 Å². The van der Waals surface area contributed by atoms with Crippen molar-refractivity contribution >= 4 is 46.0 Å².